The van der Waals surface area contributed by atoms with Gasteiger partial charge in [0.25, 0.3) is 0 Å². The maximum atomic E-state index is 15.2. The lowest BCUT2D eigenvalue weighted by Crippen LogP contribution is -2.22. The van der Waals surface area contributed by atoms with E-state index in [0.717, 1.165) is 49.4 Å². The summed E-state index contributed by atoms with van der Waals surface area (Å²) >= 11 is 0. The van der Waals surface area contributed by atoms with E-state index in [1.807, 2.05) is 24.3 Å². The number of benzene rings is 5. The Kier molecular flexibility index (Phi) is 10.1. The van der Waals surface area contributed by atoms with Crippen LogP contribution in [0.5, 0.6) is 11.5 Å². The molecule has 2 nitrogen and oxygen atoms in total. The van der Waals surface area contributed by atoms with Crippen molar-refractivity contribution in [1.82, 2.24) is 0 Å². The van der Waals surface area contributed by atoms with Gasteiger partial charge in [0.2, 0.25) is 0 Å². The first-order valence-electron chi connectivity index (χ1n) is 14.9. The highest BCUT2D eigenvalue weighted by Crippen LogP contribution is 2.38. The summed E-state index contributed by atoms with van der Waals surface area (Å²) in [4.78, 5) is 0. The predicted octanol–water partition coefficient (Wildman–Crippen LogP) is 12.0. The van der Waals surface area contributed by atoms with E-state index in [9.17, 15) is 26.3 Å². The summed E-state index contributed by atoms with van der Waals surface area (Å²) < 4.78 is 134. The molecule has 0 heterocycles. The van der Waals surface area contributed by atoms with Crippen LogP contribution in [0.1, 0.15) is 37.3 Å². The van der Waals surface area contributed by atoms with Gasteiger partial charge >= 0.3 is 12.5 Å². The molecule has 0 aliphatic heterocycles. The van der Waals surface area contributed by atoms with Gasteiger partial charge in [-0.2, -0.15) is 8.78 Å². The zero-order valence-electron chi connectivity index (χ0n) is 25.3. The monoisotopic (exact) mass is 674 g/mol. The Balaban J connectivity index is 1.29. The van der Waals surface area contributed by atoms with Crippen LogP contribution in [0.25, 0.3) is 33.4 Å². The minimum atomic E-state index is -5.20. The van der Waals surface area contributed by atoms with Crippen molar-refractivity contribution in [3.8, 4) is 44.9 Å². The Morgan fingerprint density at radius 1 is 0.542 bits per heavy atom. The Hall–Kier alpha value is -4.93. The molecule has 0 bridgehead atoms. The molecule has 250 valence electrons. The number of hydrogen-bond acceptors (Lipinski definition) is 2. The number of aryl methyl sites for hydroxylation is 1. The van der Waals surface area contributed by atoms with Crippen molar-refractivity contribution >= 4 is 0 Å². The fraction of sp³-hybridized carbons (Fsp3) is 0.189. The van der Waals surface area contributed by atoms with Crippen molar-refractivity contribution in [1.29, 1.82) is 0 Å². The summed E-state index contributed by atoms with van der Waals surface area (Å²) in [5, 5.41) is 0. The number of alkyl halides is 5. The lowest BCUT2D eigenvalue weighted by atomic mass is 9.97. The highest BCUT2D eigenvalue weighted by molar-refractivity contribution is 5.71. The summed E-state index contributed by atoms with van der Waals surface area (Å²) in [5.74, 6) is -7.16. The number of halogens is 9. The van der Waals surface area contributed by atoms with Gasteiger partial charge in [-0.25, -0.2) is 17.6 Å². The number of rotatable bonds is 11. The fourth-order valence-electron chi connectivity index (χ4n) is 5.17. The summed E-state index contributed by atoms with van der Waals surface area (Å²) in [5.41, 5.74) is 1.03. The molecule has 5 aromatic carbocycles. The van der Waals surface area contributed by atoms with Gasteiger partial charge in [0.1, 0.15) is 23.2 Å². The van der Waals surface area contributed by atoms with Crippen LogP contribution in [0.4, 0.5) is 39.5 Å². The Morgan fingerprint density at radius 2 is 1.12 bits per heavy atom. The lowest BCUT2D eigenvalue weighted by Gasteiger charge is -2.19. The van der Waals surface area contributed by atoms with Gasteiger partial charge in [-0.15, -0.1) is 13.2 Å². The van der Waals surface area contributed by atoms with Crippen molar-refractivity contribution in [3.63, 3.8) is 0 Å². The average Bonchev–Trinajstić information content (AvgIpc) is 3.02. The molecule has 0 aromatic heterocycles. The normalized spacial score (nSPS) is 11.9. The summed E-state index contributed by atoms with van der Waals surface area (Å²) in [6.07, 6.45) is -4.96. The van der Waals surface area contributed by atoms with Crippen LogP contribution in [0.3, 0.4) is 0 Å². The van der Waals surface area contributed by atoms with E-state index < -0.39 is 63.9 Å². The summed E-state index contributed by atoms with van der Waals surface area (Å²) in [7, 11) is 0. The molecule has 48 heavy (non-hydrogen) atoms. The minimum Gasteiger partial charge on any atom is -0.429 e. The molecule has 5 aromatic rings. The van der Waals surface area contributed by atoms with Crippen LogP contribution < -0.4 is 9.47 Å². The molecule has 0 N–H and O–H groups in total. The van der Waals surface area contributed by atoms with E-state index in [1.54, 1.807) is 12.1 Å². The predicted molar refractivity (Wildman–Crippen MR) is 163 cm³/mol. The van der Waals surface area contributed by atoms with Gasteiger partial charge in [0.05, 0.1) is 11.1 Å². The zero-order valence-corrected chi connectivity index (χ0v) is 25.3. The van der Waals surface area contributed by atoms with E-state index in [1.165, 1.54) is 23.8 Å². The summed E-state index contributed by atoms with van der Waals surface area (Å²) in [6.45, 7) is 2.14. The molecule has 0 radical (unpaired) electrons. The molecule has 0 fully saturated rings. The van der Waals surface area contributed by atoms with Crippen molar-refractivity contribution in [2.45, 2.75) is 45.1 Å². The topological polar surface area (TPSA) is 18.5 Å². The lowest BCUT2D eigenvalue weighted by molar-refractivity contribution is -0.275. The van der Waals surface area contributed by atoms with Gasteiger partial charge in [-0.05, 0) is 71.0 Å². The van der Waals surface area contributed by atoms with Crippen LogP contribution in [0.15, 0.2) is 97.1 Å². The molecule has 11 heteroatoms. The van der Waals surface area contributed by atoms with E-state index in [0.29, 0.717) is 35.4 Å². The second-order valence-electron chi connectivity index (χ2n) is 11.0. The molecule has 0 atom stereocenters. The van der Waals surface area contributed by atoms with Gasteiger partial charge in [0, 0.05) is 17.7 Å². The van der Waals surface area contributed by atoms with Gasteiger partial charge in [-0.1, -0.05) is 74.4 Å². The number of hydrogen-bond donors (Lipinski definition) is 0. The third-order valence-corrected chi connectivity index (χ3v) is 7.57. The molecule has 0 saturated carbocycles. The van der Waals surface area contributed by atoms with E-state index in [-0.39, 0.29) is 5.56 Å². The standard InChI is InChI=1S/C37H27F9O2/c1-2-3-4-5-22-6-8-23(9-7-22)25-12-16-29(30(38)18-25)24-10-14-27(15-11-24)36(42,43)47-28-20-32(40)35(33(41)21-28)26-13-17-34(31(39)19-26)48-37(44,45)46/h6-21H,2-5H2,1H3. The molecule has 0 amide bonds. The van der Waals surface area contributed by atoms with Gasteiger partial charge in [-0.3, -0.25) is 0 Å². The first kappa shape index (κ1) is 34.4. The van der Waals surface area contributed by atoms with E-state index >= 15 is 13.2 Å². The largest absolute Gasteiger partial charge is 0.573 e. The zero-order chi connectivity index (χ0) is 34.6. The second kappa shape index (κ2) is 14.0. The quantitative estimate of drug-likeness (QED) is 0.103. The Labute approximate surface area is 270 Å². The summed E-state index contributed by atoms with van der Waals surface area (Å²) in [6, 6.07) is 19.5. The van der Waals surface area contributed by atoms with Crippen molar-refractivity contribution in [2.75, 3.05) is 0 Å². The fourth-order valence-corrected chi connectivity index (χ4v) is 5.17. The van der Waals surface area contributed by atoms with Crippen LogP contribution in [-0.2, 0) is 12.5 Å². The highest BCUT2D eigenvalue weighted by Gasteiger charge is 2.36. The Bertz CT molecular complexity index is 1860. The molecular weight excluding hydrogens is 647 g/mol. The van der Waals surface area contributed by atoms with Crippen LogP contribution >= 0.6 is 0 Å². The number of unbranched alkanes of at least 4 members (excludes halogenated alkanes) is 2. The molecule has 0 aliphatic rings. The third kappa shape index (κ3) is 8.13. The SMILES string of the molecule is CCCCCc1ccc(-c2ccc(-c3ccc(C(F)(F)Oc4cc(F)c(-c5ccc(OC(F)(F)F)c(F)c5)c(F)c4)cc3)c(F)c2)cc1. The van der Waals surface area contributed by atoms with Crippen molar-refractivity contribution in [3.05, 3.63) is 131 Å². The van der Waals surface area contributed by atoms with E-state index in [4.69, 9.17) is 0 Å². The molecule has 0 saturated heterocycles. The van der Waals surface area contributed by atoms with Crippen molar-refractivity contribution < 1.29 is 49.0 Å². The van der Waals surface area contributed by atoms with Crippen LogP contribution in [-0.4, -0.2) is 6.36 Å². The number of ether oxygens (including phenoxy) is 2. The van der Waals surface area contributed by atoms with Crippen molar-refractivity contribution in [2.24, 2.45) is 0 Å². The molecule has 0 aliphatic carbocycles. The second-order valence-corrected chi connectivity index (χ2v) is 11.0. The maximum absolute atomic E-state index is 15.2. The molecule has 0 unspecified atom stereocenters. The molecule has 5 rings (SSSR count). The molecular formula is C37H27F9O2. The van der Waals surface area contributed by atoms with E-state index in [2.05, 4.69) is 16.4 Å². The third-order valence-electron chi connectivity index (χ3n) is 7.57. The molecule has 0 spiro atoms. The highest BCUT2D eigenvalue weighted by atomic mass is 19.4. The smallest absolute Gasteiger partial charge is 0.429 e. The average molecular weight is 675 g/mol. The minimum absolute atomic E-state index is 0.167. The van der Waals surface area contributed by atoms with Gasteiger partial charge in [0.15, 0.2) is 11.6 Å². The first-order valence-corrected chi connectivity index (χ1v) is 14.9. The maximum Gasteiger partial charge on any atom is 0.573 e. The Morgan fingerprint density at radius 3 is 1.71 bits per heavy atom. The first-order chi connectivity index (χ1) is 22.7. The van der Waals surface area contributed by atoms with Crippen LogP contribution in [0.2, 0.25) is 0 Å². The van der Waals surface area contributed by atoms with Crippen LogP contribution in [0, 0.1) is 23.3 Å². The van der Waals surface area contributed by atoms with Gasteiger partial charge < -0.3 is 9.47 Å².